The molecule has 1 N–H and O–H groups in total. The van der Waals surface area contributed by atoms with E-state index < -0.39 is 0 Å². The van der Waals surface area contributed by atoms with Gasteiger partial charge >= 0.3 is 5.97 Å². The number of benzene rings is 1. The molecule has 0 bridgehead atoms. The molecule has 1 fully saturated rings. The number of aromatic nitrogens is 3. The number of halogens is 2. The Morgan fingerprint density at radius 2 is 2.07 bits per heavy atom. The second-order valence-electron chi connectivity index (χ2n) is 7.18. The van der Waals surface area contributed by atoms with Crippen molar-refractivity contribution in [1.82, 2.24) is 14.6 Å². The Balaban J connectivity index is 1.59. The molecular formula is C21H22BrClN4O2. The van der Waals surface area contributed by atoms with E-state index in [1.165, 1.54) is 0 Å². The number of nitrogens with one attached hydrogen (secondary N) is 1. The zero-order chi connectivity index (χ0) is 20.4. The molecule has 0 saturated heterocycles. The van der Waals surface area contributed by atoms with Crippen LogP contribution in [0.2, 0.25) is 5.02 Å². The van der Waals surface area contributed by atoms with E-state index in [4.69, 9.17) is 21.3 Å². The van der Waals surface area contributed by atoms with Crippen LogP contribution in [-0.4, -0.2) is 33.2 Å². The van der Waals surface area contributed by atoms with Crippen LogP contribution in [0, 0.1) is 5.92 Å². The lowest BCUT2D eigenvalue weighted by Crippen LogP contribution is -2.31. The molecule has 0 unspecified atom stereocenters. The largest absolute Gasteiger partial charge is 0.466 e. The quantitative estimate of drug-likeness (QED) is 0.502. The number of fused-ring (bicyclic) bond motifs is 1. The first kappa shape index (κ1) is 20.2. The average molecular weight is 478 g/mol. The summed E-state index contributed by atoms with van der Waals surface area (Å²) in [6.07, 6.45) is 5.19. The van der Waals surface area contributed by atoms with Crippen molar-refractivity contribution in [3.63, 3.8) is 0 Å². The summed E-state index contributed by atoms with van der Waals surface area (Å²) in [5, 5.41) is 8.70. The fourth-order valence-electron chi connectivity index (χ4n) is 3.79. The maximum absolute atomic E-state index is 12.0. The van der Waals surface area contributed by atoms with Gasteiger partial charge < -0.3 is 10.1 Å². The monoisotopic (exact) mass is 476 g/mol. The molecular weight excluding hydrogens is 456 g/mol. The van der Waals surface area contributed by atoms with E-state index in [9.17, 15) is 4.79 Å². The van der Waals surface area contributed by atoms with Gasteiger partial charge in [0.05, 0.1) is 28.9 Å². The van der Waals surface area contributed by atoms with Gasteiger partial charge in [0.1, 0.15) is 5.82 Å². The van der Waals surface area contributed by atoms with Crippen molar-refractivity contribution in [3.8, 4) is 11.3 Å². The Bertz CT molecular complexity index is 1030. The van der Waals surface area contributed by atoms with E-state index in [0.717, 1.165) is 52.9 Å². The Morgan fingerprint density at radius 1 is 1.31 bits per heavy atom. The van der Waals surface area contributed by atoms with E-state index in [1.54, 1.807) is 10.7 Å². The first-order valence-corrected chi connectivity index (χ1v) is 11.0. The molecule has 3 aromatic rings. The molecule has 0 atom stereocenters. The van der Waals surface area contributed by atoms with Gasteiger partial charge in [-0.25, -0.2) is 4.98 Å². The third-order valence-corrected chi connectivity index (χ3v) is 6.17. The molecule has 152 valence electrons. The topological polar surface area (TPSA) is 68.5 Å². The van der Waals surface area contributed by atoms with Gasteiger partial charge in [0.2, 0.25) is 0 Å². The highest BCUT2D eigenvalue weighted by atomic mass is 79.9. The minimum Gasteiger partial charge on any atom is -0.466 e. The molecule has 1 saturated carbocycles. The molecule has 4 rings (SSSR count). The highest BCUT2D eigenvalue weighted by Crippen LogP contribution is 2.32. The fourth-order valence-corrected chi connectivity index (χ4v) is 4.37. The minimum absolute atomic E-state index is 0.00277. The van der Waals surface area contributed by atoms with E-state index in [0.29, 0.717) is 11.6 Å². The van der Waals surface area contributed by atoms with Crippen LogP contribution < -0.4 is 5.32 Å². The number of anilines is 1. The van der Waals surface area contributed by atoms with Crippen molar-refractivity contribution in [2.45, 2.75) is 38.6 Å². The zero-order valence-electron chi connectivity index (χ0n) is 16.1. The molecule has 6 nitrogen and oxygen atoms in total. The van der Waals surface area contributed by atoms with Crippen molar-refractivity contribution in [2.75, 3.05) is 11.9 Å². The Hall–Kier alpha value is -2.12. The number of carbonyl (C=O) groups is 1. The number of carbonyl (C=O) groups excluding carboxylic acids is 1. The van der Waals surface area contributed by atoms with Gasteiger partial charge in [0.25, 0.3) is 0 Å². The Morgan fingerprint density at radius 3 is 2.79 bits per heavy atom. The van der Waals surface area contributed by atoms with Crippen LogP contribution in [0.5, 0.6) is 0 Å². The number of ether oxygens (including phenoxy) is 1. The van der Waals surface area contributed by atoms with Gasteiger partial charge in [-0.05, 0) is 54.6 Å². The number of rotatable bonds is 5. The zero-order valence-corrected chi connectivity index (χ0v) is 18.4. The first-order chi connectivity index (χ1) is 14.1. The first-order valence-electron chi connectivity index (χ1n) is 9.79. The number of hydrogen-bond donors (Lipinski definition) is 1. The van der Waals surface area contributed by atoms with Crippen LogP contribution in [0.15, 0.2) is 41.0 Å². The van der Waals surface area contributed by atoms with Crippen LogP contribution in [0.1, 0.15) is 32.6 Å². The molecule has 8 heteroatoms. The molecule has 0 aliphatic heterocycles. The third-order valence-electron chi connectivity index (χ3n) is 5.28. The number of hydrogen-bond acceptors (Lipinski definition) is 5. The summed E-state index contributed by atoms with van der Waals surface area (Å²) >= 11 is 9.93. The maximum atomic E-state index is 12.0. The van der Waals surface area contributed by atoms with Gasteiger partial charge in [-0.1, -0.05) is 29.8 Å². The molecule has 29 heavy (non-hydrogen) atoms. The second-order valence-corrected chi connectivity index (χ2v) is 8.44. The van der Waals surface area contributed by atoms with Crippen LogP contribution in [-0.2, 0) is 9.53 Å². The van der Waals surface area contributed by atoms with E-state index in [1.807, 2.05) is 37.3 Å². The standard InChI is InChI=1S/C21H22BrClN4O2/c1-2-29-21(28)13-7-9-14(10-8-13)25-19-11-18(15-5-3-4-6-17(15)23)26-20-16(22)12-24-27(19)20/h3-6,11-14,25H,2,7-10H2,1H3. The molecule has 2 aromatic heterocycles. The van der Waals surface area contributed by atoms with Gasteiger partial charge in [0, 0.05) is 22.7 Å². The molecule has 0 radical (unpaired) electrons. The van der Waals surface area contributed by atoms with Crippen LogP contribution in [0.3, 0.4) is 0 Å². The van der Waals surface area contributed by atoms with E-state index in [-0.39, 0.29) is 17.9 Å². The summed E-state index contributed by atoms with van der Waals surface area (Å²) in [5.41, 5.74) is 2.39. The Kier molecular flexibility index (Phi) is 6.06. The highest BCUT2D eigenvalue weighted by molar-refractivity contribution is 9.10. The summed E-state index contributed by atoms with van der Waals surface area (Å²) in [5.74, 6) is 0.785. The summed E-state index contributed by atoms with van der Waals surface area (Å²) in [7, 11) is 0. The van der Waals surface area contributed by atoms with Crippen LogP contribution >= 0.6 is 27.5 Å². The van der Waals surface area contributed by atoms with Crippen molar-refractivity contribution in [3.05, 3.63) is 46.0 Å². The van der Waals surface area contributed by atoms with E-state index in [2.05, 4.69) is 26.3 Å². The predicted octanol–water partition coefficient (Wildman–Crippen LogP) is 5.35. The molecule has 1 aromatic carbocycles. The van der Waals surface area contributed by atoms with Crippen molar-refractivity contribution in [2.24, 2.45) is 5.92 Å². The predicted molar refractivity (Wildman–Crippen MR) is 117 cm³/mol. The molecule has 1 aliphatic carbocycles. The lowest BCUT2D eigenvalue weighted by molar-refractivity contribution is -0.149. The van der Waals surface area contributed by atoms with E-state index >= 15 is 0 Å². The van der Waals surface area contributed by atoms with Crippen LogP contribution in [0.25, 0.3) is 16.9 Å². The lowest BCUT2D eigenvalue weighted by atomic mass is 9.86. The summed E-state index contributed by atoms with van der Waals surface area (Å²) in [6, 6.07) is 9.90. The normalized spacial score (nSPS) is 19.3. The second kappa shape index (κ2) is 8.71. The molecule has 0 amide bonds. The summed E-state index contributed by atoms with van der Waals surface area (Å²) in [6.45, 7) is 2.28. The lowest BCUT2D eigenvalue weighted by Gasteiger charge is -2.28. The maximum Gasteiger partial charge on any atom is 0.308 e. The average Bonchev–Trinajstić information content (AvgIpc) is 3.10. The van der Waals surface area contributed by atoms with Crippen molar-refractivity contribution < 1.29 is 9.53 Å². The molecule has 1 aliphatic rings. The summed E-state index contributed by atoms with van der Waals surface area (Å²) in [4.78, 5) is 16.7. The Labute approximate surface area is 182 Å². The number of esters is 1. The number of nitrogens with zero attached hydrogens (tertiary/aromatic N) is 3. The van der Waals surface area contributed by atoms with Gasteiger partial charge in [-0.3, -0.25) is 4.79 Å². The molecule has 2 heterocycles. The molecule has 0 spiro atoms. The minimum atomic E-state index is -0.0748. The van der Waals surface area contributed by atoms with Crippen LogP contribution in [0.4, 0.5) is 5.82 Å². The third kappa shape index (κ3) is 4.26. The van der Waals surface area contributed by atoms with Gasteiger partial charge in [-0.15, -0.1) is 0 Å². The van der Waals surface area contributed by atoms with Crippen molar-refractivity contribution in [1.29, 1.82) is 0 Å². The van der Waals surface area contributed by atoms with Gasteiger partial charge in [-0.2, -0.15) is 9.61 Å². The summed E-state index contributed by atoms with van der Waals surface area (Å²) < 4.78 is 7.79. The van der Waals surface area contributed by atoms with Gasteiger partial charge in [0.15, 0.2) is 5.65 Å². The fraction of sp³-hybridized carbons (Fsp3) is 0.381. The smallest absolute Gasteiger partial charge is 0.308 e. The SMILES string of the molecule is CCOC(=O)C1CCC(Nc2cc(-c3ccccc3Cl)nc3c(Br)cnn23)CC1. The van der Waals surface area contributed by atoms with Crippen molar-refractivity contribution >= 4 is 45.0 Å². The highest BCUT2D eigenvalue weighted by Gasteiger charge is 2.27.